The summed E-state index contributed by atoms with van der Waals surface area (Å²) in [6.07, 6.45) is 0.178. The van der Waals surface area contributed by atoms with E-state index in [-0.39, 0.29) is 12.0 Å². The van der Waals surface area contributed by atoms with Gasteiger partial charge in [-0.3, -0.25) is 0 Å². The van der Waals surface area contributed by atoms with Crippen molar-refractivity contribution in [2.45, 2.75) is 32.8 Å². The molecule has 2 N–H and O–H groups in total. The fourth-order valence-electron chi connectivity index (χ4n) is 1.48. The minimum atomic E-state index is 0.178. The van der Waals surface area contributed by atoms with Gasteiger partial charge in [-0.15, -0.1) is 0 Å². The largest absolute Gasteiger partial charge is 0.491 e. The number of rotatable bonds is 5. The molecule has 0 aromatic heterocycles. The van der Waals surface area contributed by atoms with Crippen LogP contribution in [0.4, 0.5) is 0 Å². The molecule has 1 unspecified atom stereocenters. The van der Waals surface area contributed by atoms with Crippen molar-refractivity contribution in [3.8, 4) is 5.75 Å². The highest BCUT2D eigenvalue weighted by Gasteiger charge is 2.11. The van der Waals surface area contributed by atoms with Gasteiger partial charge in [0.2, 0.25) is 0 Å². The molecule has 0 saturated carbocycles. The van der Waals surface area contributed by atoms with Gasteiger partial charge in [0.25, 0.3) is 0 Å². The van der Waals surface area contributed by atoms with Crippen molar-refractivity contribution in [3.05, 3.63) is 29.8 Å². The standard InChI is InChI=1S/C12H19NO2/c1-9(2)15-12-7-5-4-6-11(12)10(3)8-14-13/h4-7,9-10H,8,13H2,1-3H3. The highest BCUT2D eigenvalue weighted by molar-refractivity contribution is 5.36. The first-order valence-electron chi connectivity index (χ1n) is 5.22. The van der Waals surface area contributed by atoms with Crippen LogP contribution < -0.4 is 10.6 Å². The van der Waals surface area contributed by atoms with E-state index in [1.165, 1.54) is 0 Å². The van der Waals surface area contributed by atoms with E-state index in [4.69, 9.17) is 10.6 Å². The maximum Gasteiger partial charge on any atom is 0.123 e. The summed E-state index contributed by atoms with van der Waals surface area (Å²) in [5.74, 6) is 6.23. The molecule has 0 heterocycles. The van der Waals surface area contributed by atoms with Crippen LogP contribution in [-0.2, 0) is 4.84 Å². The molecule has 15 heavy (non-hydrogen) atoms. The average molecular weight is 209 g/mol. The van der Waals surface area contributed by atoms with Crippen molar-refractivity contribution >= 4 is 0 Å². The summed E-state index contributed by atoms with van der Waals surface area (Å²) in [6, 6.07) is 7.98. The van der Waals surface area contributed by atoms with Crippen molar-refractivity contribution in [2.75, 3.05) is 6.61 Å². The van der Waals surface area contributed by atoms with E-state index >= 15 is 0 Å². The maximum absolute atomic E-state index is 5.72. The van der Waals surface area contributed by atoms with Gasteiger partial charge in [0.15, 0.2) is 0 Å². The zero-order valence-corrected chi connectivity index (χ0v) is 9.57. The maximum atomic E-state index is 5.72. The Morgan fingerprint density at radius 1 is 1.20 bits per heavy atom. The van der Waals surface area contributed by atoms with Crippen LogP contribution in [-0.4, -0.2) is 12.7 Å². The average Bonchev–Trinajstić information content (AvgIpc) is 2.18. The number of nitrogens with two attached hydrogens (primary N) is 1. The lowest BCUT2D eigenvalue weighted by molar-refractivity contribution is 0.125. The third-order valence-corrected chi connectivity index (χ3v) is 2.16. The molecule has 0 radical (unpaired) electrons. The molecule has 3 nitrogen and oxygen atoms in total. The molecule has 0 aliphatic heterocycles. The van der Waals surface area contributed by atoms with E-state index < -0.39 is 0 Å². The normalized spacial score (nSPS) is 12.9. The SMILES string of the molecule is CC(C)Oc1ccccc1C(C)CON. The third-order valence-electron chi connectivity index (χ3n) is 2.16. The van der Waals surface area contributed by atoms with Gasteiger partial charge in [-0.05, 0) is 25.5 Å². The first-order chi connectivity index (χ1) is 7.15. The number of benzene rings is 1. The van der Waals surface area contributed by atoms with Crippen molar-refractivity contribution in [1.82, 2.24) is 0 Å². The first kappa shape index (κ1) is 12.0. The molecule has 0 aliphatic rings. The smallest absolute Gasteiger partial charge is 0.123 e. The van der Waals surface area contributed by atoms with Crippen LogP contribution in [0.1, 0.15) is 32.3 Å². The van der Waals surface area contributed by atoms with Gasteiger partial charge < -0.3 is 9.57 Å². The van der Waals surface area contributed by atoms with Gasteiger partial charge in [-0.2, -0.15) is 0 Å². The minimum absolute atomic E-state index is 0.178. The molecule has 1 aromatic rings. The van der Waals surface area contributed by atoms with Crippen LogP contribution in [0.15, 0.2) is 24.3 Å². The van der Waals surface area contributed by atoms with Crippen LogP contribution in [0.5, 0.6) is 5.75 Å². The molecule has 0 spiro atoms. The Kier molecular flexibility index (Phi) is 4.59. The van der Waals surface area contributed by atoms with Gasteiger partial charge in [0, 0.05) is 5.92 Å². The second kappa shape index (κ2) is 5.73. The van der Waals surface area contributed by atoms with Gasteiger partial charge >= 0.3 is 0 Å². The highest BCUT2D eigenvalue weighted by atomic mass is 16.6. The summed E-state index contributed by atoms with van der Waals surface area (Å²) < 4.78 is 5.72. The second-order valence-corrected chi connectivity index (χ2v) is 3.94. The molecule has 1 atom stereocenters. The van der Waals surface area contributed by atoms with Gasteiger partial charge in [0.05, 0.1) is 12.7 Å². The topological polar surface area (TPSA) is 44.5 Å². The van der Waals surface area contributed by atoms with E-state index in [9.17, 15) is 0 Å². The highest BCUT2D eigenvalue weighted by Crippen LogP contribution is 2.27. The van der Waals surface area contributed by atoms with Gasteiger partial charge in [-0.1, -0.05) is 25.1 Å². The van der Waals surface area contributed by atoms with Gasteiger partial charge in [0.1, 0.15) is 5.75 Å². The van der Waals surface area contributed by atoms with E-state index in [2.05, 4.69) is 11.8 Å². The zero-order chi connectivity index (χ0) is 11.3. The van der Waals surface area contributed by atoms with Crippen LogP contribution in [0.2, 0.25) is 0 Å². The molecule has 0 saturated heterocycles. The van der Waals surface area contributed by atoms with E-state index in [1.807, 2.05) is 38.1 Å². The number of para-hydroxylation sites is 1. The van der Waals surface area contributed by atoms with Crippen molar-refractivity contribution in [3.63, 3.8) is 0 Å². The summed E-state index contributed by atoms with van der Waals surface area (Å²) >= 11 is 0. The Balaban J connectivity index is 2.85. The van der Waals surface area contributed by atoms with Crippen LogP contribution in [0, 0.1) is 0 Å². The molecule has 1 rings (SSSR count). The summed E-state index contributed by atoms with van der Waals surface area (Å²) in [5, 5.41) is 0. The Bertz CT molecular complexity index is 299. The minimum Gasteiger partial charge on any atom is -0.491 e. The first-order valence-corrected chi connectivity index (χ1v) is 5.22. The molecule has 0 fully saturated rings. The predicted molar refractivity (Wildman–Crippen MR) is 60.8 cm³/mol. The third kappa shape index (κ3) is 3.53. The van der Waals surface area contributed by atoms with Crippen LogP contribution in [0.3, 0.4) is 0 Å². The van der Waals surface area contributed by atoms with Crippen LogP contribution in [0.25, 0.3) is 0 Å². The fourth-order valence-corrected chi connectivity index (χ4v) is 1.48. The Labute approximate surface area is 91.1 Å². The molecule has 1 aromatic carbocycles. The van der Waals surface area contributed by atoms with Crippen molar-refractivity contribution in [1.29, 1.82) is 0 Å². The summed E-state index contributed by atoms with van der Waals surface area (Å²) in [7, 11) is 0. The lowest BCUT2D eigenvalue weighted by atomic mass is 10.0. The predicted octanol–water partition coefficient (Wildman–Crippen LogP) is 2.47. The lowest BCUT2D eigenvalue weighted by Gasteiger charge is -2.17. The molecule has 0 amide bonds. The number of ether oxygens (including phenoxy) is 1. The van der Waals surface area contributed by atoms with E-state index in [1.54, 1.807) is 0 Å². The summed E-state index contributed by atoms with van der Waals surface area (Å²) in [4.78, 5) is 4.66. The summed E-state index contributed by atoms with van der Waals surface area (Å²) in [5.41, 5.74) is 1.14. The molecule has 0 bridgehead atoms. The molecular weight excluding hydrogens is 190 g/mol. The monoisotopic (exact) mass is 209 g/mol. The molecule has 0 aliphatic carbocycles. The molecule has 3 heteroatoms. The second-order valence-electron chi connectivity index (χ2n) is 3.94. The fraction of sp³-hybridized carbons (Fsp3) is 0.500. The van der Waals surface area contributed by atoms with Crippen LogP contribution >= 0.6 is 0 Å². The Morgan fingerprint density at radius 3 is 2.47 bits per heavy atom. The molecular formula is C12H19NO2. The number of hydrogen-bond acceptors (Lipinski definition) is 3. The molecule has 84 valence electrons. The van der Waals surface area contributed by atoms with E-state index in [0.717, 1.165) is 11.3 Å². The number of hydrogen-bond donors (Lipinski definition) is 1. The lowest BCUT2D eigenvalue weighted by Crippen LogP contribution is -2.12. The summed E-state index contributed by atoms with van der Waals surface area (Å²) in [6.45, 7) is 6.59. The Hall–Kier alpha value is -1.06. The zero-order valence-electron chi connectivity index (χ0n) is 9.57. The van der Waals surface area contributed by atoms with Crippen molar-refractivity contribution in [2.24, 2.45) is 5.90 Å². The Morgan fingerprint density at radius 2 is 1.87 bits per heavy atom. The van der Waals surface area contributed by atoms with E-state index in [0.29, 0.717) is 6.61 Å². The quantitative estimate of drug-likeness (QED) is 0.758. The van der Waals surface area contributed by atoms with Gasteiger partial charge in [-0.25, -0.2) is 5.90 Å². The van der Waals surface area contributed by atoms with Crippen molar-refractivity contribution < 1.29 is 9.57 Å².